The van der Waals surface area contributed by atoms with Gasteiger partial charge in [0.25, 0.3) is 0 Å². The monoisotopic (exact) mass is 263 g/mol. The molecule has 0 bridgehead atoms. The Balaban J connectivity index is 2.31. The Hall–Kier alpha value is -1.55. The SMILES string of the molecule is COc1cc(C)c(N(C)C(=O)C2(CO)CC2)cc1C. The lowest BCUT2D eigenvalue weighted by molar-refractivity contribution is -0.124. The first-order valence-corrected chi connectivity index (χ1v) is 6.49. The van der Waals surface area contributed by atoms with Crippen LogP contribution in [0.3, 0.4) is 0 Å². The lowest BCUT2D eigenvalue weighted by atomic mass is 10.0. The molecule has 0 aromatic heterocycles. The smallest absolute Gasteiger partial charge is 0.235 e. The Morgan fingerprint density at radius 1 is 1.37 bits per heavy atom. The Bertz CT molecular complexity index is 506. The third-order valence-corrected chi connectivity index (χ3v) is 3.99. The molecule has 0 saturated heterocycles. The summed E-state index contributed by atoms with van der Waals surface area (Å²) in [6.07, 6.45) is 1.56. The van der Waals surface area contributed by atoms with Crippen LogP contribution < -0.4 is 9.64 Å². The lowest BCUT2D eigenvalue weighted by Crippen LogP contribution is -2.36. The normalized spacial score (nSPS) is 16.1. The van der Waals surface area contributed by atoms with Crippen LogP contribution in [0.25, 0.3) is 0 Å². The number of ether oxygens (including phenoxy) is 1. The molecule has 1 saturated carbocycles. The molecule has 1 N–H and O–H groups in total. The van der Waals surface area contributed by atoms with Gasteiger partial charge in [-0.25, -0.2) is 0 Å². The second-order valence-electron chi connectivity index (χ2n) is 5.41. The molecule has 0 radical (unpaired) electrons. The highest BCUT2D eigenvalue weighted by Crippen LogP contribution is 2.47. The number of anilines is 1. The maximum absolute atomic E-state index is 12.4. The maximum Gasteiger partial charge on any atom is 0.235 e. The molecule has 1 aliphatic rings. The molecule has 0 unspecified atom stereocenters. The zero-order chi connectivity index (χ0) is 14.2. The van der Waals surface area contributed by atoms with Crippen LogP contribution in [0.2, 0.25) is 0 Å². The van der Waals surface area contributed by atoms with Gasteiger partial charge < -0.3 is 14.7 Å². The molecule has 0 atom stereocenters. The van der Waals surface area contributed by atoms with Crippen molar-refractivity contribution in [3.63, 3.8) is 0 Å². The van der Waals surface area contributed by atoms with Crippen LogP contribution in [0.4, 0.5) is 5.69 Å². The molecule has 1 aromatic rings. The van der Waals surface area contributed by atoms with Gasteiger partial charge in [-0.3, -0.25) is 4.79 Å². The lowest BCUT2D eigenvalue weighted by Gasteiger charge is -2.25. The van der Waals surface area contributed by atoms with Crippen molar-refractivity contribution >= 4 is 11.6 Å². The number of amides is 1. The summed E-state index contributed by atoms with van der Waals surface area (Å²) in [4.78, 5) is 14.1. The summed E-state index contributed by atoms with van der Waals surface area (Å²) in [5.74, 6) is 0.827. The van der Waals surface area contributed by atoms with Crippen LogP contribution >= 0.6 is 0 Å². The van der Waals surface area contributed by atoms with Crippen LogP contribution in [0.5, 0.6) is 5.75 Å². The van der Waals surface area contributed by atoms with Crippen molar-refractivity contribution in [2.75, 3.05) is 25.7 Å². The fraction of sp³-hybridized carbons (Fsp3) is 0.533. The number of carbonyl (C=O) groups excluding carboxylic acids is 1. The number of hydrogen-bond donors (Lipinski definition) is 1. The molecule has 19 heavy (non-hydrogen) atoms. The highest BCUT2D eigenvalue weighted by Gasteiger charge is 2.51. The van der Waals surface area contributed by atoms with Gasteiger partial charge in [0, 0.05) is 12.7 Å². The number of rotatable bonds is 4. The van der Waals surface area contributed by atoms with E-state index in [-0.39, 0.29) is 12.5 Å². The van der Waals surface area contributed by atoms with Gasteiger partial charge in [0.15, 0.2) is 0 Å². The molecule has 0 heterocycles. The third kappa shape index (κ3) is 2.32. The van der Waals surface area contributed by atoms with Crippen LogP contribution in [0, 0.1) is 19.3 Å². The van der Waals surface area contributed by atoms with Gasteiger partial charge in [-0.2, -0.15) is 0 Å². The van der Waals surface area contributed by atoms with E-state index in [0.717, 1.165) is 35.4 Å². The minimum Gasteiger partial charge on any atom is -0.496 e. The van der Waals surface area contributed by atoms with Crippen LogP contribution in [-0.2, 0) is 4.79 Å². The number of aliphatic hydroxyl groups is 1. The number of carbonyl (C=O) groups is 1. The Kier molecular flexibility index (Phi) is 3.54. The van der Waals surface area contributed by atoms with Crippen molar-refractivity contribution in [2.24, 2.45) is 5.41 Å². The van der Waals surface area contributed by atoms with Crippen molar-refractivity contribution in [2.45, 2.75) is 26.7 Å². The van der Waals surface area contributed by atoms with Crippen LogP contribution in [0.15, 0.2) is 12.1 Å². The largest absolute Gasteiger partial charge is 0.496 e. The molecule has 0 spiro atoms. The molecule has 4 heteroatoms. The van der Waals surface area contributed by atoms with E-state index in [1.165, 1.54) is 0 Å². The van der Waals surface area contributed by atoms with E-state index in [0.29, 0.717) is 0 Å². The molecule has 0 aliphatic heterocycles. The number of nitrogens with zero attached hydrogens (tertiary/aromatic N) is 1. The number of methoxy groups -OCH3 is 1. The van der Waals surface area contributed by atoms with E-state index < -0.39 is 5.41 Å². The first-order chi connectivity index (χ1) is 8.95. The second-order valence-corrected chi connectivity index (χ2v) is 5.41. The zero-order valence-corrected chi connectivity index (χ0v) is 12.0. The first kappa shape index (κ1) is 13.9. The van der Waals surface area contributed by atoms with Gasteiger partial charge in [-0.1, -0.05) is 0 Å². The minimum absolute atomic E-state index is 0.00247. The van der Waals surface area contributed by atoms with Gasteiger partial charge in [0.2, 0.25) is 5.91 Å². The quantitative estimate of drug-likeness (QED) is 0.904. The molecule has 1 amide bonds. The molecule has 1 aromatic carbocycles. The van der Waals surface area contributed by atoms with Gasteiger partial charge in [0.05, 0.1) is 19.1 Å². The summed E-state index contributed by atoms with van der Waals surface area (Å²) in [5, 5.41) is 9.36. The second kappa shape index (κ2) is 4.85. The summed E-state index contributed by atoms with van der Waals surface area (Å²) in [5.41, 5.74) is 2.33. The standard InChI is InChI=1S/C15H21NO3/c1-10-8-13(19-4)11(2)7-12(10)16(3)14(18)15(9-17)5-6-15/h7-8,17H,5-6,9H2,1-4H3. The number of hydrogen-bond acceptors (Lipinski definition) is 3. The van der Waals surface area contributed by atoms with E-state index in [1.54, 1.807) is 19.1 Å². The van der Waals surface area contributed by atoms with Crippen molar-refractivity contribution in [1.29, 1.82) is 0 Å². The minimum atomic E-state index is -0.533. The predicted octanol–water partition coefficient (Wildman–Crippen LogP) is 2.05. The number of benzene rings is 1. The average molecular weight is 263 g/mol. The highest BCUT2D eigenvalue weighted by molar-refractivity contribution is 5.99. The highest BCUT2D eigenvalue weighted by atomic mass is 16.5. The van der Waals surface area contributed by atoms with Crippen LogP contribution in [0.1, 0.15) is 24.0 Å². The van der Waals surface area contributed by atoms with Crippen molar-refractivity contribution < 1.29 is 14.6 Å². The Morgan fingerprint density at radius 2 is 2.00 bits per heavy atom. The predicted molar refractivity (Wildman–Crippen MR) is 74.6 cm³/mol. The summed E-state index contributed by atoms with van der Waals surface area (Å²) in [7, 11) is 3.41. The van der Waals surface area contributed by atoms with E-state index in [2.05, 4.69) is 0 Å². The fourth-order valence-corrected chi connectivity index (χ4v) is 2.41. The molecule has 2 rings (SSSR count). The third-order valence-electron chi connectivity index (χ3n) is 3.99. The molecule has 1 fully saturated rings. The van der Waals surface area contributed by atoms with Crippen molar-refractivity contribution in [3.8, 4) is 5.75 Å². The van der Waals surface area contributed by atoms with E-state index in [1.807, 2.05) is 26.0 Å². The molecule has 1 aliphatic carbocycles. The van der Waals surface area contributed by atoms with E-state index >= 15 is 0 Å². The summed E-state index contributed by atoms with van der Waals surface area (Å²) in [6, 6.07) is 3.90. The zero-order valence-electron chi connectivity index (χ0n) is 12.0. The topological polar surface area (TPSA) is 49.8 Å². The molecular weight excluding hydrogens is 242 g/mol. The van der Waals surface area contributed by atoms with Crippen molar-refractivity contribution in [3.05, 3.63) is 23.3 Å². The average Bonchev–Trinajstić information content (AvgIpc) is 3.20. The Labute approximate surface area is 114 Å². The maximum atomic E-state index is 12.4. The van der Waals surface area contributed by atoms with Crippen LogP contribution in [-0.4, -0.2) is 31.8 Å². The van der Waals surface area contributed by atoms with Gasteiger partial charge >= 0.3 is 0 Å². The summed E-state index contributed by atoms with van der Waals surface area (Å²) < 4.78 is 5.28. The van der Waals surface area contributed by atoms with Gasteiger partial charge in [0.1, 0.15) is 5.75 Å². The molecule has 4 nitrogen and oxygen atoms in total. The van der Waals surface area contributed by atoms with Crippen molar-refractivity contribution in [1.82, 2.24) is 0 Å². The molecular formula is C15H21NO3. The summed E-state index contributed by atoms with van der Waals surface area (Å²) >= 11 is 0. The van der Waals surface area contributed by atoms with Gasteiger partial charge in [-0.05, 0) is 49.9 Å². The fourth-order valence-electron chi connectivity index (χ4n) is 2.41. The Morgan fingerprint density at radius 3 is 2.47 bits per heavy atom. The molecule has 104 valence electrons. The number of aryl methyl sites for hydroxylation is 2. The van der Waals surface area contributed by atoms with Gasteiger partial charge in [-0.15, -0.1) is 0 Å². The number of aliphatic hydroxyl groups excluding tert-OH is 1. The van der Waals surface area contributed by atoms with E-state index in [4.69, 9.17) is 4.74 Å². The first-order valence-electron chi connectivity index (χ1n) is 6.49. The summed E-state index contributed by atoms with van der Waals surface area (Å²) in [6.45, 7) is 3.85. The van der Waals surface area contributed by atoms with E-state index in [9.17, 15) is 9.90 Å².